The first-order valence-electron chi connectivity index (χ1n) is 6.41. The van der Waals surface area contributed by atoms with Gasteiger partial charge in [-0.05, 0) is 19.4 Å². The van der Waals surface area contributed by atoms with Crippen molar-refractivity contribution in [2.75, 3.05) is 36.9 Å². The predicted octanol–water partition coefficient (Wildman–Crippen LogP) is 1.26. The van der Waals surface area contributed by atoms with Gasteiger partial charge in [0, 0.05) is 32.2 Å². The fourth-order valence-electron chi connectivity index (χ4n) is 2.17. The first-order valence-corrected chi connectivity index (χ1v) is 6.41. The van der Waals surface area contributed by atoms with Crippen LogP contribution in [-0.2, 0) is 0 Å². The van der Waals surface area contributed by atoms with Gasteiger partial charge in [-0.25, -0.2) is 9.97 Å². The summed E-state index contributed by atoms with van der Waals surface area (Å²) >= 11 is 0. The Balaban J connectivity index is 1.95. The first-order chi connectivity index (χ1) is 8.79. The van der Waals surface area contributed by atoms with Gasteiger partial charge in [0.05, 0.1) is 0 Å². The molecule has 1 aliphatic heterocycles. The minimum atomic E-state index is 0.578. The van der Waals surface area contributed by atoms with Crippen LogP contribution < -0.4 is 15.5 Å². The summed E-state index contributed by atoms with van der Waals surface area (Å²) in [5.41, 5.74) is 0. The lowest BCUT2D eigenvalue weighted by Gasteiger charge is -2.22. The summed E-state index contributed by atoms with van der Waals surface area (Å²) in [7, 11) is 2.07. The van der Waals surface area contributed by atoms with Crippen molar-refractivity contribution in [1.82, 2.24) is 15.3 Å². The molecule has 0 saturated carbocycles. The highest BCUT2D eigenvalue weighted by Gasteiger charge is 2.16. The third-order valence-corrected chi connectivity index (χ3v) is 3.13. The molecule has 1 saturated heterocycles. The van der Waals surface area contributed by atoms with Gasteiger partial charge >= 0.3 is 0 Å². The highest BCUT2D eigenvalue weighted by atomic mass is 15.2. The Morgan fingerprint density at radius 3 is 3.22 bits per heavy atom. The number of hydrogen-bond donors (Lipinski definition) is 2. The second-order valence-electron chi connectivity index (χ2n) is 4.60. The summed E-state index contributed by atoms with van der Waals surface area (Å²) in [4.78, 5) is 10.7. The van der Waals surface area contributed by atoms with E-state index >= 15 is 0 Å². The van der Waals surface area contributed by atoms with E-state index in [0.29, 0.717) is 12.6 Å². The van der Waals surface area contributed by atoms with Crippen LogP contribution in [0.5, 0.6) is 0 Å². The van der Waals surface area contributed by atoms with E-state index in [0.717, 1.165) is 24.7 Å². The fourth-order valence-corrected chi connectivity index (χ4v) is 2.17. The molecular formula is C13H21N5. The van der Waals surface area contributed by atoms with Crippen LogP contribution in [0, 0.1) is 0 Å². The van der Waals surface area contributed by atoms with Crippen LogP contribution in [-0.4, -0.2) is 42.7 Å². The molecule has 1 fully saturated rings. The Morgan fingerprint density at radius 1 is 1.61 bits per heavy atom. The molecule has 0 aliphatic carbocycles. The standard InChI is InChI=1S/C13H21N5/c1-3-6-15-12-8-13(17-10-16-12)18(2)9-11-5-4-7-14-11/h3,8,10-11,14H,1,4-7,9H2,2H3,(H,15,16,17). The molecule has 0 spiro atoms. The zero-order chi connectivity index (χ0) is 12.8. The van der Waals surface area contributed by atoms with Crippen LogP contribution in [0.25, 0.3) is 0 Å². The van der Waals surface area contributed by atoms with Gasteiger partial charge in [0.2, 0.25) is 0 Å². The molecule has 1 aromatic heterocycles. The summed E-state index contributed by atoms with van der Waals surface area (Å²) in [5, 5.41) is 6.66. The van der Waals surface area contributed by atoms with Gasteiger partial charge in [0.15, 0.2) is 0 Å². The molecule has 0 aromatic carbocycles. The Labute approximate surface area is 108 Å². The lowest BCUT2D eigenvalue weighted by molar-refractivity contribution is 0.597. The molecule has 1 atom stereocenters. The van der Waals surface area contributed by atoms with E-state index in [1.54, 1.807) is 6.33 Å². The van der Waals surface area contributed by atoms with Gasteiger partial charge < -0.3 is 15.5 Å². The molecule has 18 heavy (non-hydrogen) atoms. The number of rotatable bonds is 6. The van der Waals surface area contributed by atoms with Crippen molar-refractivity contribution < 1.29 is 0 Å². The van der Waals surface area contributed by atoms with E-state index in [-0.39, 0.29) is 0 Å². The molecule has 2 N–H and O–H groups in total. The van der Waals surface area contributed by atoms with E-state index in [1.165, 1.54) is 12.8 Å². The average molecular weight is 247 g/mol. The van der Waals surface area contributed by atoms with E-state index < -0.39 is 0 Å². The van der Waals surface area contributed by atoms with E-state index in [9.17, 15) is 0 Å². The maximum Gasteiger partial charge on any atom is 0.133 e. The number of nitrogens with one attached hydrogen (secondary N) is 2. The van der Waals surface area contributed by atoms with Gasteiger partial charge in [-0.15, -0.1) is 6.58 Å². The van der Waals surface area contributed by atoms with Crippen LogP contribution in [0.3, 0.4) is 0 Å². The second kappa shape index (κ2) is 6.35. The Hall–Kier alpha value is -1.62. The number of aromatic nitrogens is 2. The average Bonchev–Trinajstić information content (AvgIpc) is 2.89. The second-order valence-corrected chi connectivity index (χ2v) is 4.60. The predicted molar refractivity (Wildman–Crippen MR) is 75.0 cm³/mol. The summed E-state index contributed by atoms with van der Waals surface area (Å²) in [6, 6.07) is 2.55. The van der Waals surface area contributed by atoms with Crippen LogP contribution in [0.1, 0.15) is 12.8 Å². The molecule has 1 unspecified atom stereocenters. The molecule has 5 nitrogen and oxygen atoms in total. The zero-order valence-electron chi connectivity index (χ0n) is 10.9. The van der Waals surface area contributed by atoms with E-state index in [1.807, 2.05) is 12.1 Å². The van der Waals surface area contributed by atoms with Crippen molar-refractivity contribution >= 4 is 11.6 Å². The molecule has 2 rings (SSSR count). The quantitative estimate of drug-likeness (QED) is 0.741. The number of likely N-dealkylation sites (N-methyl/N-ethyl adjacent to an activating group) is 1. The number of anilines is 2. The Bertz CT molecular complexity index is 387. The molecule has 1 aromatic rings. The fraction of sp³-hybridized carbons (Fsp3) is 0.538. The molecule has 0 bridgehead atoms. The Kier molecular flexibility index (Phi) is 4.52. The van der Waals surface area contributed by atoms with Gasteiger partial charge in [-0.3, -0.25) is 0 Å². The van der Waals surface area contributed by atoms with Crippen molar-refractivity contribution in [2.45, 2.75) is 18.9 Å². The summed E-state index contributed by atoms with van der Waals surface area (Å²) in [6.45, 7) is 6.51. The third kappa shape index (κ3) is 3.43. The summed E-state index contributed by atoms with van der Waals surface area (Å²) in [6.07, 6.45) is 5.93. The molecule has 5 heteroatoms. The monoisotopic (exact) mass is 247 g/mol. The molecule has 1 aliphatic rings. The van der Waals surface area contributed by atoms with Crippen molar-refractivity contribution in [3.05, 3.63) is 25.0 Å². The van der Waals surface area contributed by atoms with Crippen LogP contribution in [0.4, 0.5) is 11.6 Å². The van der Waals surface area contributed by atoms with Gasteiger partial charge in [0.25, 0.3) is 0 Å². The largest absolute Gasteiger partial charge is 0.366 e. The van der Waals surface area contributed by atoms with Gasteiger partial charge in [0.1, 0.15) is 18.0 Å². The number of hydrogen-bond acceptors (Lipinski definition) is 5. The summed E-state index contributed by atoms with van der Waals surface area (Å²) < 4.78 is 0. The normalized spacial score (nSPS) is 18.6. The van der Waals surface area contributed by atoms with Gasteiger partial charge in [-0.1, -0.05) is 6.08 Å². The SMILES string of the molecule is C=CCNc1cc(N(C)CC2CCCN2)ncn1. The smallest absolute Gasteiger partial charge is 0.133 e. The highest BCUT2D eigenvalue weighted by molar-refractivity contribution is 5.48. The van der Waals surface area contributed by atoms with Crippen molar-refractivity contribution in [2.24, 2.45) is 0 Å². The number of nitrogens with zero attached hydrogens (tertiary/aromatic N) is 3. The van der Waals surface area contributed by atoms with Crippen molar-refractivity contribution in [3.63, 3.8) is 0 Å². The maximum absolute atomic E-state index is 4.31. The minimum absolute atomic E-state index is 0.578. The molecule has 98 valence electrons. The minimum Gasteiger partial charge on any atom is -0.366 e. The maximum atomic E-state index is 4.31. The van der Waals surface area contributed by atoms with E-state index in [2.05, 4.69) is 39.1 Å². The molecule has 0 radical (unpaired) electrons. The third-order valence-electron chi connectivity index (χ3n) is 3.13. The first kappa shape index (κ1) is 12.8. The van der Waals surface area contributed by atoms with Crippen molar-refractivity contribution in [3.8, 4) is 0 Å². The Morgan fingerprint density at radius 2 is 2.50 bits per heavy atom. The topological polar surface area (TPSA) is 53.1 Å². The van der Waals surface area contributed by atoms with Crippen LogP contribution in [0.2, 0.25) is 0 Å². The zero-order valence-corrected chi connectivity index (χ0v) is 10.9. The highest BCUT2D eigenvalue weighted by Crippen LogP contribution is 2.14. The lowest BCUT2D eigenvalue weighted by Crippen LogP contribution is -2.35. The van der Waals surface area contributed by atoms with E-state index in [4.69, 9.17) is 0 Å². The molecule has 2 heterocycles. The van der Waals surface area contributed by atoms with Crippen LogP contribution in [0.15, 0.2) is 25.0 Å². The molecular weight excluding hydrogens is 226 g/mol. The van der Waals surface area contributed by atoms with Gasteiger partial charge in [-0.2, -0.15) is 0 Å². The van der Waals surface area contributed by atoms with Crippen LogP contribution >= 0.6 is 0 Å². The lowest BCUT2D eigenvalue weighted by atomic mass is 10.2. The van der Waals surface area contributed by atoms with Crippen molar-refractivity contribution in [1.29, 1.82) is 0 Å². The summed E-state index contributed by atoms with van der Waals surface area (Å²) in [5.74, 6) is 1.79. The molecule has 0 amide bonds.